The molecule has 0 radical (unpaired) electrons. The molecule has 1 aliphatic carbocycles. The molecule has 1 unspecified atom stereocenters. The van der Waals surface area contributed by atoms with Crippen molar-refractivity contribution in [3.8, 4) is 11.4 Å². The number of hydrogen-bond acceptors (Lipinski definition) is 3. The van der Waals surface area contributed by atoms with Gasteiger partial charge in [-0.05, 0) is 37.1 Å². The maximum Gasteiger partial charge on any atom is 0.167 e. The number of Topliss-reactive ketones (excluding diaryl/α,β-unsaturated/α-hetero) is 1. The van der Waals surface area contributed by atoms with Gasteiger partial charge in [-0.2, -0.15) is 5.10 Å². The van der Waals surface area contributed by atoms with Crippen LogP contribution in [0.4, 0.5) is 0 Å². The average Bonchev–Trinajstić information content (AvgIpc) is 2.93. The summed E-state index contributed by atoms with van der Waals surface area (Å²) in [5.74, 6) is 0.329. The number of carbonyl (C=O) groups is 1. The molecule has 0 aliphatic heterocycles. The fourth-order valence-corrected chi connectivity index (χ4v) is 3.59. The number of aryl methyl sites for hydroxylation is 1. The number of phenols is 1. The number of para-hydroxylation sites is 2. The molecule has 1 heterocycles. The largest absolute Gasteiger partial charge is 0.508 e. The Morgan fingerprint density at radius 1 is 1.04 bits per heavy atom. The molecule has 0 fully saturated rings. The fourth-order valence-electron chi connectivity index (χ4n) is 3.59. The highest BCUT2D eigenvalue weighted by atomic mass is 16.3. The molecule has 1 atom stereocenters. The van der Waals surface area contributed by atoms with Gasteiger partial charge in [0.25, 0.3) is 0 Å². The number of phenolic OH excluding ortho intramolecular Hbond substituents is 1. The maximum absolute atomic E-state index is 12.7. The first-order valence-corrected chi connectivity index (χ1v) is 8.10. The Morgan fingerprint density at radius 3 is 2.50 bits per heavy atom. The summed E-state index contributed by atoms with van der Waals surface area (Å²) in [6.45, 7) is 1.89. The molecule has 1 N–H and O–H groups in total. The topological polar surface area (TPSA) is 55.1 Å². The van der Waals surface area contributed by atoms with Crippen LogP contribution in [0, 0.1) is 6.92 Å². The van der Waals surface area contributed by atoms with Crippen molar-refractivity contribution in [2.45, 2.75) is 25.7 Å². The second kappa shape index (κ2) is 5.64. The van der Waals surface area contributed by atoms with Gasteiger partial charge in [0.15, 0.2) is 5.78 Å². The van der Waals surface area contributed by atoms with Crippen molar-refractivity contribution in [3.05, 3.63) is 77.1 Å². The first-order valence-electron chi connectivity index (χ1n) is 8.10. The van der Waals surface area contributed by atoms with Gasteiger partial charge in [-0.25, -0.2) is 4.68 Å². The quantitative estimate of drug-likeness (QED) is 0.782. The molecule has 4 nitrogen and oxygen atoms in total. The van der Waals surface area contributed by atoms with Gasteiger partial charge in [0.05, 0.1) is 22.6 Å². The molecule has 120 valence electrons. The molecule has 0 saturated carbocycles. The number of hydrogen-bond donors (Lipinski definition) is 1. The number of rotatable bonds is 2. The van der Waals surface area contributed by atoms with Gasteiger partial charge in [0.2, 0.25) is 0 Å². The Bertz CT molecular complexity index is 913. The van der Waals surface area contributed by atoms with Gasteiger partial charge in [-0.3, -0.25) is 4.79 Å². The molecule has 0 amide bonds. The van der Waals surface area contributed by atoms with E-state index in [4.69, 9.17) is 0 Å². The SMILES string of the molecule is Cc1nn(-c2ccccc2)c2c1C(=O)CC(c1ccccc1O)C2. The molecule has 1 aromatic heterocycles. The minimum atomic E-state index is -0.0234. The van der Waals surface area contributed by atoms with Crippen LogP contribution in [0.1, 0.15) is 39.6 Å². The summed E-state index contributed by atoms with van der Waals surface area (Å²) in [4.78, 5) is 12.7. The molecule has 0 bridgehead atoms. The Hall–Kier alpha value is -2.88. The van der Waals surface area contributed by atoms with E-state index in [0.717, 1.165) is 28.2 Å². The minimum Gasteiger partial charge on any atom is -0.508 e. The van der Waals surface area contributed by atoms with E-state index in [2.05, 4.69) is 5.10 Å². The molecular weight excluding hydrogens is 300 g/mol. The Kier molecular flexibility index (Phi) is 3.45. The first-order chi connectivity index (χ1) is 11.6. The van der Waals surface area contributed by atoms with E-state index in [0.29, 0.717) is 12.8 Å². The third-order valence-electron chi connectivity index (χ3n) is 4.68. The molecule has 4 heteroatoms. The van der Waals surface area contributed by atoms with Gasteiger partial charge in [-0.15, -0.1) is 0 Å². The minimum absolute atomic E-state index is 0.0234. The zero-order chi connectivity index (χ0) is 16.7. The van der Waals surface area contributed by atoms with Crippen molar-refractivity contribution >= 4 is 5.78 Å². The molecule has 24 heavy (non-hydrogen) atoms. The van der Waals surface area contributed by atoms with E-state index in [-0.39, 0.29) is 17.5 Å². The lowest BCUT2D eigenvalue weighted by Gasteiger charge is -2.23. The van der Waals surface area contributed by atoms with Crippen LogP contribution in [0.5, 0.6) is 5.75 Å². The molecule has 0 spiro atoms. The lowest BCUT2D eigenvalue weighted by atomic mass is 9.81. The second-order valence-electron chi connectivity index (χ2n) is 6.24. The summed E-state index contributed by atoms with van der Waals surface area (Å²) >= 11 is 0. The third-order valence-corrected chi connectivity index (χ3v) is 4.68. The van der Waals surface area contributed by atoms with Crippen molar-refractivity contribution in [3.63, 3.8) is 0 Å². The number of nitrogens with zero attached hydrogens (tertiary/aromatic N) is 2. The molecular formula is C20H18N2O2. The Balaban J connectivity index is 1.82. The summed E-state index contributed by atoms with van der Waals surface area (Å²) in [5.41, 5.74) is 4.23. The van der Waals surface area contributed by atoms with Gasteiger partial charge >= 0.3 is 0 Å². The zero-order valence-corrected chi connectivity index (χ0v) is 13.4. The standard InChI is InChI=1S/C20H18N2O2/c1-13-20-17(22(21-13)15-7-3-2-4-8-15)11-14(12-19(20)24)16-9-5-6-10-18(16)23/h2-10,14,23H,11-12H2,1H3. The van der Waals surface area contributed by atoms with Crippen molar-refractivity contribution in [1.29, 1.82) is 0 Å². The summed E-state index contributed by atoms with van der Waals surface area (Å²) < 4.78 is 1.87. The second-order valence-corrected chi connectivity index (χ2v) is 6.24. The van der Waals surface area contributed by atoms with Crippen molar-refractivity contribution in [1.82, 2.24) is 9.78 Å². The zero-order valence-electron chi connectivity index (χ0n) is 13.4. The predicted molar refractivity (Wildman–Crippen MR) is 91.8 cm³/mol. The van der Waals surface area contributed by atoms with Crippen LogP contribution >= 0.6 is 0 Å². The van der Waals surface area contributed by atoms with Crippen LogP contribution in [0.2, 0.25) is 0 Å². The Labute approximate surface area is 140 Å². The van der Waals surface area contributed by atoms with Crippen LogP contribution in [-0.4, -0.2) is 20.7 Å². The highest BCUT2D eigenvalue weighted by Gasteiger charge is 2.32. The van der Waals surface area contributed by atoms with Gasteiger partial charge in [0.1, 0.15) is 5.75 Å². The van der Waals surface area contributed by atoms with Crippen molar-refractivity contribution in [2.75, 3.05) is 0 Å². The number of ketones is 1. The van der Waals surface area contributed by atoms with Crippen LogP contribution < -0.4 is 0 Å². The first kappa shape index (κ1) is 14.7. The summed E-state index contributed by atoms with van der Waals surface area (Å²) in [5, 5.41) is 14.8. The number of fused-ring (bicyclic) bond motifs is 1. The van der Waals surface area contributed by atoms with Crippen LogP contribution in [-0.2, 0) is 6.42 Å². The number of aromatic nitrogens is 2. The smallest absolute Gasteiger partial charge is 0.167 e. The highest BCUT2D eigenvalue weighted by molar-refractivity contribution is 6.00. The normalized spacial score (nSPS) is 16.9. The van der Waals surface area contributed by atoms with Crippen LogP contribution in [0.3, 0.4) is 0 Å². The summed E-state index contributed by atoms with van der Waals surface area (Å²) in [6.07, 6.45) is 1.10. The molecule has 1 aliphatic rings. The van der Waals surface area contributed by atoms with Crippen molar-refractivity contribution in [2.24, 2.45) is 0 Å². The summed E-state index contributed by atoms with van der Waals surface area (Å²) in [6, 6.07) is 17.1. The van der Waals surface area contributed by atoms with E-state index in [1.54, 1.807) is 12.1 Å². The maximum atomic E-state index is 12.7. The predicted octanol–water partition coefficient (Wildman–Crippen LogP) is 3.80. The lowest BCUT2D eigenvalue weighted by molar-refractivity contribution is 0.0963. The number of benzene rings is 2. The summed E-state index contributed by atoms with van der Waals surface area (Å²) in [7, 11) is 0. The van der Waals surface area contributed by atoms with Gasteiger partial charge in [-0.1, -0.05) is 36.4 Å². The van der Waals surface area contributed by atoms with E-state index < -0.39 is 0 Å². The van der Waals surface area contributed by atoms with E-state index in [9.17, 15) is 9.90 Å². The van der Waals surface area contributed by atoms with Crippen LogP contribution in [0.25, 0.3) is 5.69 Å². The van der Waals surface area contributed by atoms with E-state index in [1.165, 1.54) is 0 Å². The highest BCUT2D eigenvalue weighted by Crippen LogP contribution is 2.38. The fraction of sp³-hybridized carbons (Fsp3) is 0.200. The monoisotopic (exact) mass is 318 g/mol. The number of aromatic hydroxyl groups is 1. The molecule has 0 saturated heterocycles. The van der Waals surface area contributed by atoms with E-state index in [1.807, 2.05) is 54.1 Å². The van der Waals surface area contributed by atoms with E-state index >= 15 is 0 Å². The third kappa shape index (κ3) is 2.31. The molecule has 4 rings (SSSR count). The van der Waals surface area contributed by atoms with Gasteiger partial charge in [0, 0.05) is 12.3 Å². The molecule has 3 aromatic rings. The van der Waals surface area contributed by atoms with Crippen LogP contribution in [0.15, 0.2) is 54.6 Å². The Morgan fingerprint density at radius 2 is 1.75 bits per heavy atom. The lowest BCUT2D eigenvalue weighted by Crippen LogP contribution is -2.20. The number of carbonyl (C=O) groups excluding carboxylic acids is 1. The van der Waals surface area contributed by atoms with Crippen molar-refractivity contribution < 1.29 is 9.90 Å². The van der Waals surface area contributed by atoms with Gasteiger partial charge < -0.3 is 5.11 Å². The molecule has 2 aromatic carbocycles. The average molecular weight is 318 g/mol.